The Morgan fingerprint density at radius 3 is 2.88 bits per heavy atom. The number of thiophene rings is 1. The number of fused-ring (bicyclic) bond motifs is 2. The summed E-state index contributed by atoms with van der Waals surface area (Å²) in [5.74, 6) is -1.88. The molecule has 2 aromatic heterocycles. The Balaban J connectivity index is 1.56. The van der Waals surface area contributed by atoms with E-state index in [1.807, 2.05) is 0 Å². The van der Waals surface area contributed by atoms with Gasteiger partial charge in [0.2, 0.25) is 5.91 Å². The lowest BCUT2D eigenvalue weighted by molar-refractivity contribution is -0.116. The minimum absolute atomic E-state index is 0.0491. The molecule has 0 fully saturated rings. The number of benzene rings is 1. The number of oxazole rings is 1. The van der Waals surface area contributed by atoms with Gasteiger partial charge in [-0.15, -0.1) is 11.3 Å². The first-order chi connectivity index (χ1) is 15.2. The molecule has 170 valence electrons. The number of sulfone groups is 1. The Labute approximate surface area is 191 Å². The van der Waals surface area contributed by atoms with Crippen molar-refractivity contribution >= 4 is 60.8 Å². The fourth-order valence-electron chi connectivity index (χ4n) is 3.58. The van der Waals surface area contributed by atoms with E-state index in [0.29, 0.717) is 26.6 Å². The maximum atomic E-state index is 12.6. The third kappa shape index (κ3) is 4.45. The van der Waals surface area contributed by atoms with Crippen LogP contribution in [0.1, 0.15) is 34.1 Å². The van der Waals surface area contributed by atoms with Crippen molar-refractivity contribution in [3.05, 3.63) is 49.8 Å². The number of aryl methyl sites for hydroxylation is 1. The molecule has 3 aromatic rings. The predicted octanol–water partition coefficient (Wildman–Crippen LogP) is 2.99. The molecule has 0 aliphatic carbocycles. The molecule has 0 radical (unpaired) electrons. The molecular formula is C20H19ClN2O7S2. The average Bonchev–Trinajstić information content (AvgIpc) is 3.20. The number of ether oxygens (including phenoxy) is 1. The highest BCUT2D eigenvalue weighted by Crippen LogP contribution is 2.38. The monoisotopic (exact) mass is 498 g/mol. The summed E-state index contributed by atoms with van der Waals surface area (Å²) in [4.78, 5) is 37.8. The SMILES string of the molecule is CCOC(=O)c1c(NC(=O)CCn2c(=O)oc3cc(Cl)ccc32)sc2c1CCS(=O)(=O)C2. The second kappa shape index (κ2) is 8.72. The molecule has 0 unspecified atom stereocenters. The molecule has 32 heavy (non-hydrogen) atoms. The third-order valence-electron chi connectivity index (χ3n) is 5.03. The molecule has 9 nitrogen and oxygen atoms in total. The van der Waals surface area contributed by atoms with Gasteiger partial charge >= 0.3 is 11.7 Å². The summed E-state index contributed by atoms with van der Waals surface area (Å²) in [7, 11) is -3.25. The molecule has 3 heterocycles. The Bertz CT molecular complexity index is 1380. The number of carbonyl (C=O) groups is 2. The van der Waals surface area contributed by atoms with Crippen molar-refractivity contribution < 1.29 is 27.2 Å². The minimum atomic E-state index is -3.25. The molecule has 1 aromatic carbocycles. The Morgan fingerprint density at radius 2 is 2.12 bits per heavy atom. The number of hydrogen-bond acceptors (Lipinski definition) is 8. The van der Waals surface area contributed by atoms with E-state index in [1.165, 1.54) is 10.6 Å². The zero-order chi connectivity index (χ0) is 23.0. The number of nitrogens with zero attached hydrogens (tertiary/aromatic N) is 1. The third-order valence-corrected chi connectivity index (χ3v) is 8.15. The van der Waals surface area contributed by atoms with E-state index in [0.717, 1.165) is 11.3 Å². The lowest BCUT2D eigenvalue weighted by Crippen LogP contribution is -2.21. The fraction of sp³-hybridized carbons (Fsp3) is 0.350. The molecule has 4 rings (SSSR count). The summed E-state index contributed by atoms with van der Waals surface area (Å²) in [5, 5.41) is 3.37. The molecule has 1 N–H and O–H groups in total. The van der Waals surface area contributed by atoms with Crippen molar-refractivity contribution in [2.24, 2.45) is 0 Å². The summed E-state index contributed by atoms with van der Waals surface area (Å²) < 4.78 is 35.6. The zero-order valence-corrected chi connectivity index (χ0v) is 19.4. The van der Waals surface area contributed by atoms with Crippen molar-refractivity contribution in [3.8, 4) is 0 Å². The van der Waals surface area contributed by atoms with Gasteiger partial charge < -0.3 is 14.5 Å². The van der Waals surface area contributed by atoms with Crippen LogP contribution in [-0.2, 0) is 38.1 Å². The lowest BCUT2D eigenvalue weighted by atomic mass is 10.1. The van der Waals surface area contributed by atoms with Crippen LogP contribution in [0.5, 0.6) is 0 Å². The molecule has 1 aliphatic heterocycles. The van der Waals surface area contributed by atoms with Crippen LogP contribution in [0.4, 0.5) is 5.00 Å². The largest absolute Gasteiger partial charge is 0.462 e. The van der Waals surface area contributed by atoms with E-state index in [4.69, 9.17) is 20.8 Å². The van der Waals surface area contributed by atoms with E-state index in [-0.39, 0.29) is 48.1 Å². The summed E-state index contributed by atoms with van der Waals surface area (Å²) in [6.45, 7) is 1.86. The molecule has 1 amide bonds. The second-order valence-electron chi connectivity index (χ2n) is 7.20. The van der Waals surface area contributed by atoms with Crippen LogP contribution >= 0.6 is 22.9 Å². The maximum Gasteiger partial charge on any atom is 0.419 e. The van der Waals surface area contributed by atoms with Crippen molar-refractivity contribution in [2.75, 3.05) is 17.7 Å². The molecule has 1 aliphatic rings. The first-order valence-corrected chi connectivity index (χ1v) is 12.8. The van der Waals surface area contributed by atoms with Gasteiger partial charge in [0, 0.05) is 28.9 Å². The van der Waals surface area contributed by atoms with E-state index in [1.54, 1.807) is 19.1 Å². The Kier molecular flexibility index (Phi) is 6.15. The quantitative estimate of drug-likeness (QED) is 0.518. The molecular weight excluding hydrogens is 480 g/mol. The fourth-order valence-corrected chi connectivity index (χ4v) is 6.80. The van der Waals surface area contributed by atoms with Crippen LogP contribution in [0.15, 0.2) is 27.4 Å². The summed E-state index contributed by atoms with van der Waals surface area (Å²) >= 11 is 6.98. The van der Waals surface area contributed by atoms with Gasteiger partial charge in [0.1, 0.15) is 5.00 Å². The van der Waals surface area contributed by atoms with Crippen LogP contribution < -0.4 is 11.1 Å². The summed E-state index contributed by atoms with van der Waals surface area (Å²) in [6.07, 6.45) is 0.122. The van der Waals surface area contributed by atoms with Gasteiger partial charge in [0.15, 0.2) is 15.4 Å². The predicted molar refractivity (Wildman–Crippen MR) is 120 cm³/mol. The molecule has 0 saturated carbocycles. The van der Waals surface area contributed by atoms with Crippen LogP contribution in [0.2, 0.25) is 5.02 Å². The van der Waals surface area contributed by atoms with Gasteiger partial charge in [0.25, 0.3) is 0 Å². The molecule has 0 saturated heterocycles. The van der Waals surface area contributed by atoms with Gasteiger partial charge in [-0.25, -0.2) is 18.0 Å². The highest BCUT2D eigenvalue weighted by Gasteiger charge is 2.32. The first-order valence-electron chi connectivity index (χ1n) is 9.79. The smallest absolute Gasteiger partial charge is 0.419 e. The lowest BCUT2D eigenvalue weighted by Gasteiger charge is -2.13. The van der Waals surface area contributed by atoms with Gasteiger partial charge in [-0.05, 0) is 31.0 Å². The number of esters is 1. The number of carbonyl (C=O) groups excluding carboxylic acids is 2. The van der Waals surface area contributed by atoms with Crippen molar-refractivity contribution in [3.63, 3.8) is 0 Å². The average molecular weight is 499 g/mol. The van der Waals surface area contributed by atoms with Crippen LogP contribution in [0.3, 0.4) is 0 Å². The highest BCUT2D eigenvalue weighted by atomic mass is 35.5. The first kappa shape index (κ1) is 22.6. The molecule has 0 bridgehead atoms. The number of hydrogen-bond donors (Lipinski definition) is 1. The summed E-state index contributed by atoms with van der Waals surface area (Å²) in [6, 6.07) is 4.77. The van der Waals surface area contributed by atoms with Crippen molar-refractivity contribution in [1.82, 2.24) is 4.57 Å². The second-order valence-corrected chi connectivity index (χ2v) is 10.9. The number of aromatic nitrogens is 1. The molecule has 12 heteroatoms. The van der Waals surface area contributed by atoms with Gasteiger partial charge in [-0.3, -0.25) is 9.36 Å². The van der Waals surface area contributed by atoms with Gasteiger partial charge in [-0.1, -0.05) is 11.6 Å². The van der Waals surface area contributed by atoms with Crippen LogP contribution in [0.25, 0.3) is 11.1 Å². The number of nitrogens with one attached hydrogen (secondary N) is 1. The van der Waals surface area contributed by atoms with Gasteiger partial charge in [-0.2, -0.15) is 0 Å². The van der Waals surface area contributed by atoms with Crippen molar-refractivity contribution in [2.45, 2.75) is 32.1 Å². The number of anilines is 1. The van der Waals surface area contributed by atoms with E-state index >= 15 is 0 Å². The van der Waals surface area contributed by atoms with Crippen LogP contribution in [-0.4, -0.2) is 37.2 Å². The van der Waals surface area contributed by atoms with Crippen LogP contribution in [0, 0.1) is 0 Å². The highest BCUT2D eigenvalue weighted by molar-refractivity contribution is 7.90. The number of halogens is 1. The summed E-state index contributed by atoms with van der Waals surface area (Å²) in [5.41, 5.74) is 1.64. The topological polar surface area (TPSA) is 125 Å². The number of rotatable bonds is 6. The number of amides is 1. The molecule has 0 spiro atoms. The van der Waals surface area contributed by atoms with E-state index < -0.39 is 27.5 Å². The normalized spacial score (nSPS) is 14.8. The Morgan fingerprint density at radius 1 is 1.34 bits per heavy atom. The maximum absolute atomic E-state index is 12.6. The minimum Gasteiger partial charge on any atom is -0.462 e. The van der Waals surface area contributed by atoms with Crippen molar-refractivity contribution in [1.29, 1.82) is 0 Å². The van der Waals surface area contributed by atoms with E-state index in [9.17, 15) is 22.8 Å². The Hall–Kier alpha value is -2.63. The zero-order valence-electron chi connectivity index (χ0n) is 17.0. The van der Waals surface area contributed by atoms with E-state index in [2.05, 4.69) is 5.32 Å². The standard InChI is InChI=1S/C20H19ClN2O7S2/c1-2-29-19(25)17-12-6-8-32(27,28)10-15(12)31-18(17)22-16(24)5-7-23-13-4-3-11(21)9-14(13)30-20(23)26/h3-4,9H,2,5-8,10H2,1H3,(H,22,24). The van der Waals surface area contributed by atoms with Gasteiger partial charge in [0.05, 0.1) is 29.2 Å². The molecule has 0 atom stereocenters.